The van der Waals surface area contributed by atoms with Crippen molar-refractivity contribution in [3.05, 3.63) is 0 Å². The number of halogens is 2. The van der Waals surface area contributed by atoms with Crippen molar-refractivity contribution in [2.24, 2.45) is 0 Å². The van der Waals surface area contributed by atoms with Crippen LogP contribution in [0.25, 0.3) is 0 Å². The highest BCUT2D eigenvalue weighted by Crippen LogP contribution is 2.41. The Morgan fingerprint density at radius 3 is 2.27 bits per heavy atom. The summed E-state index contributed by atoms with van der Waals surface area (Å²) in [5.41, 5.74) is 0. The Morgan fingerprint density at radius 2 is 2.00 bits per heavy atom. The van der Waals surface area contributed by atoms with E-state index in [0.717, 1.165) is 0 Å². The first kappa shape index (κ1) is 13.2. The lowest BCUT2D eigenvalue weighted by Gasteiger charge is -2.49. The summed E-state index contributed by atoms with van der Waals surface area (Å²) in [6, 6.07) is -1.32. The van der Waals surface area contributed by atoms with Crippen molar-refractivity contribution in [2.75, 3.05) is 6.54 Å². The summed E-state index contributed by atoms with van der Waals surface area (Å²) in [5.74, 6) is -2.94. The number of hydrogen-bond donors (Lipinski definition) is 1. The van der Waals surface area contributed by atoms with Gasteiger partial charge >= 0.3 is 0 Å². The molecule has 0 spiro atoms. The average molecular weight is 241 g/mol. The standard InChI is InChI=1S/C9H17F2NO2S/c1-6(13)7-9(10,11)5-12(7)15(14)8(2,3)4/h6-7,13H,5H2,1-4H3/t6?,7-,15+/m1/s1. The van der Waals surface area contributed by atoms with E-state index in [-0.39, 0.29) is 0 Å². The highest BCUT2D eigenvalue weighted by molar-refractivity contribution is 7.90. The molecular weight excluding hydrogens is 224 g/mol. The van der Waals surface area contributed by atoms with Gasteiger partial charge in [0.25, 0.3) is 5.92 Å². The van der Waals surface area contributed by atoms with E-state index < -0.39 is 40.7 Å². The van der Waals surface area contributed by atoms with Gasteiger partial charge in [0.15, 0.2) is 0 Å². The van der Waals surface area contributed by atoms with E-state index in [2.05, 4.69) is 0 Å². The lowest BCUT2D eigenvalue weighted by atomic mass is 9.97. The maximum atomic E-state index is 13.1. The Hall–Kier alpha value is 0.0900. The second-order valence-corrected chi connectivity index (χ2v) is 7.08. The van der Waals surface area contributed by atoms with E-state index in [1.807, 2.05) is 0 Å². The Labute approximate surface area is 91.8 Å². The van der Waals surface area contributed by atoms with Crippen LogP contribution in [0.4, 0.5) is 8.78 Å². The largest absolute Gasteiger partial charge is 0.597 e. The van der Waals surface area contributed by atoms with Crippen LogP contribution >= 0.6 is 0 Å². The van der Waals surface area contributed by atoms with Crippen LogP contribution in [0.15, 0.2) is 0 Å². The molecule has 1 aliphatic rings. The molecule has 0 radical (unpaired) electrons. The first-order valence-corrected chi connectivity index (χ1v) is 5.92. The van der Waals surface area contributed by atoms with Crippen molar-refractivity contribution in [3.8, 4) is 0 Å². The summed E-state index contributed by atoms with van der Waals surface area (Å²) in [7, 11) is 0. The lowest BCUT2D eigenvalue weighted by Crippen LogP contribution is -2.72. The third-order valence-corrected chi connectivity index (χ3v) is 4.13. The van der Waals surface area contributed by atoms with E-state index in [1.165, 1.54) is 11.2 Å². The van der Waals surface area contributed by atoms with Gasteiger partial charge in [0.1, 0.15) is 17.3 Å². The van der Waals surface area contributed by atoms with Crippen LogP contribution in [-0.4, -0.2) is 43.3 Å². The quantitative estimate of drug-likeness (QED) is 0.738. The molecule has 90 valence electrons. The molecule has 1 fully saturated rings. The maximum absolute atomic E-state index is 13.1. The Balaban J connectivity index is 2.75. The number of alkyl halides is 2. The normalized spacial score (nSPS) is 30.8. The molecule has 0 amide bonds. The zero-order chi connectivity index (χ0) is 12.0. The molecule has 0 aromatic carbocycles. The minimum Gasteiger partial charge on any atom is -0.597 e. The zero-order valence-electron chi connectivity index (χ0n) is 9.33. The predicted molar refractivity (Wildman–Crippen MR) is 55.0 cm³/mol. The second-order valence-electron chi connectivity index (χ2n) is 4.88. The van der Waals surface area contributed by atoms with Gasteiger partial charge in [-0.15, -0.1) is 4.31 Å². The number of nitrogens with zero attached hydrogens (tertiary/aromatic N) is 1. The van der Waals surface area contributed by atoms with Crippen molar-refractivity contribution in [3.63, 3.8) is 0 Å². The molecule has 0 saturated carbocycles. The molecule has 0 aromatic heterocycles. The minimum absolute atomic E-state index is 0.535. The molecule has 15 heavy (non-hydrogen) atoms. The highest BCUT2D eigenvalue weighted by Gasteiger charge is 2.63. The molecule has 1 aliphatic heterocycles. The van der Waals surface area contributed by atoms with Gasteiger partial charge < -0.3 is 9.66 Å². The Bertz CT molecular complexity index is 243. The van der Waals surface area contributed by atoms with Gasteiger partial charge in [-0.1, -0.05) is 0 Å². The fourth-order valence-corrected chi connectivity index (χ4v) is 3.13. The van der Waals surface area contributed by atoms with Gasteiger partial charge in [0, 0.05) is 11.4 Å². The van der Waals surface area contributed by atoms with Crippen LogP contribution in [0.1, 0.15) is 27.7 Å². The first-order valence-electron chi connectivity index (χ1n) is 4.82. The molecular formula is C9H17F2NO2S. The van der Waals surface area contributed by atoms with Crippen molar-refractivity contribution >= 4 is 11.4 Å². The lowest BCUT2D eigenvalue weighted by molar-refractivity contribution is -0.178. The average Bonchev–Trinajstić information content (AvgIpc) is 1.95. The fraction of sp³-hybridized carbons (Fsp3) is 1.00. The predicted octanol–water partition coefficient (Wildman–Crippen LogP) is 1.15. The summed E-state index contributed by atoms with van der Waals surface area (Å²) in [4.78, 5) is 0. The topological polar surface area (TPSA) is 46.5 Å². The van der Waals surface area contributed by atoms with Crippen molar-refractivity contribution in [1.82, 2.24) is 4.31 Å². The third-order valence-electron chi connectivity index (χ3n) is 2.30. The number of aliphatic hydroxyl groups excluding tert-OH is 1. The van der Waals surface area contributed by atoms with Gasteiger partial charge in [-0.05, 0) is 27.7 Å². The van der Waals surface area contributed by atoms with Gasteiger partial charge in [0.2, 0.25) is 0 Å². The van der Waals surface area contributed by atoms with Crippen LogP contribution in [0.2, 0.25) is 0 Å². The molecule has 1 rings (SSSR count). The van der Waals surface area contributed by atoms with E-state index >= 15 is 0 Å². The van der Waals surface area contributed by atoms with E-state index in [4.69, 9.17) is 0 Å². The van der Waals surface area contributed by atoms with Crippen molar-refractivity contribution < 1.29 is 18.4 Å². The minimum atomic E-state index is -2.94. The molecule has 1 N–H and O–H groups in total. The molecule has 1 heterocycles. The summed E-state index contributed by atoms with van der Waals surface area (Å²) < 4.78 is 38.7. The highest BCUT2D eigenvalue weighted by atomic mass is 32.2. The Kier molecular flexibility index (Phi) is 3.36. The number of rotatable bonds is 2. The monoisotopic (exact) mass is 241 g/mol. The van der Waals surface area contributed by atoms with E-state index in [1.54, 1.807) is 20.8 Å². The van der Waals surface area contributed by atoms with Crippen molar-refractivity contribution in [1.29, 1.82) is 0 Å². The van der Waals surface area contributed by atoms with Crippen LogP contribution in [0.5, 0.6) is 0 Å². The van der Waals surface area contributed by atoms with Crippen LogP contribution in [-0.2, 0) is 11.4 Å². The van der Waals surface area contributed by atoms with Gasteiger partial charge in [-0.25, -0.2) is 8.78 Å². The zero-order valence-corrected chi connectivity index (χ0v) is 10.1. The van der Waals surface area contributed by atoms with Crippen LogP contribution < -0.4 is 0 Å². The van der Waals surface area contributed by atoms with Crippen LogP contribution in [0.3, 0.4) is 0 Å². The summed E-state index contributed by atoms with van der Waals surface area (Å²) >= 11 is -1.50. The maximum Gasteiger partial charge on any atom is 0.287 e. The second kappa shape index (κ2) is 3.84. The van der Waals surface area contributed by atoms with E-state index in [0.29, 0.717) is 0 Å². The van der Waals surface area contributed by atoms with Gasteiger partial charge in [-0.2, -0.15) is 0 Å². The molecule has 0 aromatic rings. The number of aliphatic hydroxyl groups is 1. The fourth-order valence-electron chi connectivity index (χ4n) is 1.60. The SMILES string of the molecule is CC(O)[C@H]1N([S@@+]([O-])C(C)(C)C)CC1(F)F. The first-order chi connectivity index (χ1) is 6.57. The Morgan fingerprint density at radius 1 is 1.53 bits per heavy atom. The molecule has 1 unspecified atom stereocenters. The van der Waals surface area contributed by atoms with Gasteiger partial charge in [-0.3, -0.25) is 0 Å². The third kappa shape index (κ3) is 2.43. The summed E-state index contributed by atoms with van der Waals surface area (Å²) in [6.07, 6.45) is -1.18. The van der Waals surface area contributed by atoms with Gasteiger partial charge in [0.05, 0.1) is 6.10 Å². The smallest absolute Gasteiger partial charge is 0.287 e. The molecule has 0 aliphatic carbocycles. The van der Waals surface area contributed by atoms with Crippen molar-refractivity contribution in [2.45, 2.75) is 50.5 Å². The van der Waals surface area contributed by atoms with E-state index in [9.17, 15) is 18.4 Å². The molecule has 3 atom stereocenters. The summed E-state index contributed by atoms with van der Waals surface area (Å²) in [6.45, 7) is 5.92. The molecule has 1 saturated heterocycles. The number of hydrogen-bond acceptors (Lipinski definition) is 3. The molecule has 6 heteroatoms. The molecule has 3 nitrogen and oxygen atoms in total. The summed E-state index contributed by atoms with van der Waals surface area (Å²) in [5, 5.41) is 9.24. The molecule has 0 bridgehead atoms. The van der Waals surface area contributed by atoms with Crippen LogP contribution in [0, 0.1) is 0 Å².